The Morgan fingerprint density at radius 2 is 0.889 bits per heavy atom. The highest BCUT2D eigenvalue weighted by molar-refractivity contribution is 7.26. The van der Waals surface area contributed by atoms with Crippen LogP contribution in [-0.2, 0) is 4.79 Å². The highest BCUT2D eigenvalue weighted by Crippen LogP contribution is 2.43. The number of carboxylic acid groups (broad SMARTS) is 1. The van der Waals surface area contributed by atoms with Crippen molar-refractivity contribution in [1.29, 1.82) is 5.26 Å². The first-order valence-corrected chi connectivity index (χ1v) is 25.6. The standard InChI is InChI=1S/C62H39N5O2S3/c63-37-43(62(68)69)35-45-24-32-54(71-45)56-34-33-55(72-56)53-31-23-44(70-53)22-21-42-36-52-59(40-17-9-3-10-18-40)50-28-27-48(65-50)57(38-13-5-1-6-14-38)46-25-26-47(64-46)58(39-15-7-2-8-16-39)49-29-30-51(66-49)60(61(42)67-52)41-19-11-4-12-20-41/h1-36,64,67H,(H,68,69)/b22-21-,43-35+,57-46?,57-48?,58-47?,58-49?,59-50?,59-52?,60-51?,61-60?. The largest absolute Gasteiger partial charge is 0.477 e. The summed E-state index contributed by atoms with van der Waals surface area (Å²) in [5.74, 6) is -1.23. The molecule has 0 saturated heterocycles. The van der Waals surface area contributed by atoms with Gasteiger partial charge < -0.3 is 15.1 Å². The molecule has 10 aromatic rings. The van der Waals surface area contributed by atoms with Gasteiger partial charge in [-0.3, -0.25) is 0 Å². The molecule has 0 radical (unpaired) electrons. The van der Waals surface area contributed by atoms with Crippen molar-refractivity contribution >= 4 is 105 Å². The number of aromatic nitrogens is 4. The molecule has 342 valence electrons. The quantitative estimate of drug-likeness (QED) is 0.0932. The zero-order valence-electron chi connectivity index (χ0n) is 38.2. The maximum Gasteiger partial charge on any atom is 0.346 e. The Labute approximate surface area is 426 Å². The number of rotatable bonds is 10. The number of hydrogen-bond donors (Lipinski definition) is 3. The highest BCUT2D eigenvalue weighted by atomic mass is 32.1. The maximum absolute atomic E-state index is 11.4. The van der Waals surface area contributed by atoms with Crippen molar-refractivity contribution in [2.75, 3.05) is 0 Å². The number of nitriles is 1. The summed E-state index contributed by atoms with van der Waals surface area (Å²) >= 11 is 4.87. The summed E-state index contributed by atoms with van der Waals surface area (Å²) in [6, 6.07) is 62.6. The molecule has 2 aliphatic heterocycles. The molecule has 12 rings (SSSR count). The smallest absolute Gasteiger partial charge is 0.346 e. The Morgan fingerprint density at radius 1 is 0.472 bits per heavy atom. The van der Waals surface area contributed by atoms with E-state index in [1.807, 2.05) is 36.4 Å². The number of thiophene rings is 3. The Hall–Kier alpha value is -8.98. The van der Waals surface area contributed by atoms with E-state index in [4.69, 9.17) is 9.97 Å². The molecule has 0 aliphatic carbocycles. The van der Waals surface area contributed by atoms with E-state index >= 15 is 0 Å². The second kappa shape index (κ2) is 19.1. The third-order valence-corrected chi connectivity index (χ3v) is 16.1. The molecule has 6 aromatic heterocycles. The third-order valence-electron chi connectivity index (χ3n) is 12.6. The number of carboxylic acids is 1. The highest BCUT2D eigenvalue weighted by Gasteiger charge is 2.21. The Morgan fingerprint density at radius 3 is 1.38 bits per heavy atom. The summed E-state index contributed by atoms with van der Waals surface area (Å²) in [5.41, 5.74) is 16.0. The van der Waals surface area contributed by atoms with Gasteiger partial charge in [-0.05, 0) is 113 Å². The van der Waals surface area contributed by atoms with Gasteiger partial charge in [-0.2, -0.15) is 5.26 Å². The van der Waals surface area contributed by atoms with Gasteiger partial charge in [0.15, 0.2) is 0 Å². The zero-order valence-corrected chi connectivity index (χ0v) is 40.7. The van der Waals surface area contributed by atoms with Gasteiger partial charge in [-0.15, -0.1) is 34.0 Å². The van der Waals surface area contributed by atoms with Crippen LogP contribution >= 0.6 is 34.0 Å². The summed E-state index contributed by atoms with van der Waals surface area (Å²) in [6.45, 7) is 0. The van der Waals surface area contributed by atoms with Gasteiger partial charge in [0.25, 0.3) is 0 Å². The summed E-state index contributed by atoms with van der Waals surface area (Å²) < 4.78 is 0. The van der Waals surface area contributed by atoms with E-state index in [1.165, 1.54) is 17.4 Å². The van der Waals surface area contributed by atoms with Crippen LogP contribution in [0.15, 0.2) is 181 Å². The molecule has 4 aromatic carbocycles. The summed E-state index contributed by atoms with van der Waals surface area (Å²) in [4.78, 5) is 36.5. The minimum absolute atomic E-state index is 0.287. The van der Waals surface area contributed by atoms with Gasteiger partial charge in [-0.1, -0.05) is 127 Å². The predicted molar refractivity (Wildman–Crippen MR) is 302 cm³/mol. The average molecular weight is 982 g/mol. The van der Waals surface area contributed by atoms with Crippen LogP contribution < -0.4 is 0 Å². The van der Waals surface area contributed by atoms with Crippen molar-refractivity contribution in [1.82, 2.24) is 19.9 Å². The normalized spacial score (nSPS) is 12.2. The van der Waals surface area contributed by atoms with E-state index in [1.54, 1.807) is 28.7 Å². The molecule has 8 heterocycles. The second-order valence-corrected chi connectivity index (χ2v) is 20.4. The minimum Gasteiger partial charge on any atom is -0.477 e. The summed E-state index contributed by atoms with van der Waals surface area (Å²) in [7, 11) is 0. The van der Waals surface area contributed by atoms with Gasteiger partial charge in [0, 0.05) is 73.6 Å². The van der Waals surface area contributed by atoms with Gasteiger partial charge in [0.05, 0.1) is 28.3 Å². The van der Waals surface area contributed by atoms with Gasteiger partial charge >= 0.3 is 5.97 Å². The first kappa shape index (κ1) is 44.2. The van der Waals surface area contributed by atoms with E-state index in [9.17, 15) is 15.2 Å². The monoisotopic (exact) mass is 981 g/mol. The van der Waals surface area contributed by atoms with Gasteiger partial charge in [0.2, 0.25) is 0 Å². The van der Waals surface area contributed by atoms with Gasteiger partial charge in [0.1, 0.15) is 11.6 Å². The van der Waals surface area contributed by atoms with E-state index < -0.39 is 5.97 Å². The lowest BCUT2D eigenvalue weighted by Gasteiger charge is -2.07. The van der Waals surface area contributed by atoms with Crippen LogP contribution in [0.3, 0.4) is 0 Å². The molecule has 0 amide bonds. The number of nitrogens with one attached hydrogen (secondary N) is 2. The lowest BCUT2D eigenvalue weighted by atomic mass is 10.0. The number of aliphatic carboxylic acids is 1. The Balaban J connectivity index is 1.08. The van der Waals surface area contributed by atoms with Crippen LogP contribution in [0.5, 0.6) is 0 Å². The van der Waals surface area contributed by atoms with Crippen LogP contribution in [0, 0.1) is 11.3 Å². The molecule has 72 heavy (non-hydrogen) atoms. The number of nitrogens with zero attached hydrogens (tertiary/aromatic N) is 3. The molecule has 8 bridgehead atoms. The molecule has 0 unspecified atom stereocenters. The predicted octanol–water partition coefficient (Wildman–Crippen LogP) is 17.0. The number of fused-ring (bicyclic) bond motifs is 8. The van der Waals surface area contributed by atoms with Crippen LogP contribution in [0.25, 0.3) is 129 Å². The first-order chi connectivity index (χ1) is 35.4. The minimum atomic E-state index is -1.23. The van der Waals surface area contributed by atoms with Crippen molar-refractivity contribution in [3.8, 4) is 70.1 Å². The van der Waals surface area contributed by atoms with E-state index in [0.29, 0.717) is 0 Å². The number of hydrogen-bond acceptors (Lipinski definition) is 7. The van der Waals surface area contributed by atoms with E-state index in [0.717, 1.165) is 124 Å². The van der Waals surface area contributed by atoms with Crippen molar-refractivity contribution < 1.29 is 9.90 Å². The lowest BCUT2D eigenvalue weighted by Crippen LogP contribution is -1.96. The maximum atomic E-state index is 11.4. The van der Waals surface area contributed by atoms with E-state index in [-0.39, 0.29) is 5.57 Å². The number of carbonyl (C=O) groups is 1. The Kier molecular flexibility index (Phi) is 11.7. The molecule has 0 fully saturated rings. The summed E-state index contributed by atoms with van der Waals surface area (Å²) in [6.07, 6.45) is 14.3. The van der Waals surface area contributed by atoms with Crippen molar-refractivity contribution in [3.63, 3.8) is 0 Å². The molecule has 0 spiro atoms. The van der Waals surface area contributed by atoms with Crippen molar-refractivity contribution in [3.05, 3.63) is 220 Å². The molecule has 10 heteroatoms. The second-order valence-electron chi connectivity index (χ2n) is 17.1. The van der Waals surface area contributed by atoms with Crippen LogP contribution in [0.4, 0.5) is 0 Å². The van der Waals surface area contributed by atoms with Crippen molar-refractivity contribution in [2.24, 2.45) is 0 Å². The third kappa shape index (κ3) is 8.58. The molecule has 3 N–H and O–H groups in total. The first-order valence-electron chi connectivity index (χ1n) is 23.2. The number of H-pyrrole nitrogens is 2. The molecule has 7 nitrogen and oxygen atoms in total. The summed E-state index contributed by atoms with van der Waals surface area (Å²) in [5, 5.41) is 18.6. The fraction of sp³-hybridized carbons (Fsp3) is 0. The van der Waals surface area contributed by atoms with Crippen molar-refractivity contribution in [2.45, 2.75) is 0 Å². The Bertz CT molecular complexity index is 4070. The van der Waals surface area contributed by atoms with E-state index in [2.05, 4.69) is 186 Å². The topological polar surface area (TPSA) is 118 Å². The molecular weight excluding hydrogens is 943 g/mol. The molecule has 0 atom stereocenters. The fourth-order valence-electron chi connectivity index (χ4n) is 9.27. The van der Waals surface area contributed by atoms with Crippen LogP contribution in [0.2, 0.25) is 0 Å². The van der Waals surface area contributed by atoms with Crippen LogP contribution in [-0.4, -0.2) is 31.0 Å². The number of benzene rings is 4. The molecule has 2 aliphatic rings. The lowest BCUT2D eigenvalue weighted by molar-refractivity contribution is -0.132. The van der Waals surface area contributed by atoms with Crippen LogP contribution in [0.1, 0.15) is 38.1 Å². The molecular formula is C62H39N5O2S3. The fourth-order valence-corrected chi connectivity index (χ4v) is 12.3. The molecule has 0 saturated carbocycles. The zero-order chi connectivity index (χ0) is 48.5. The average Bonchev–Trinajstić information content (AvgIpc) is 4.28. The van der Waals surface area contributed by atoms with Gasteiger partial charge in [-0.25, -0.2) is 14.8 Å². The number of aromatic amines is 2. The SMILES string of the molecule is N#C/C(=C\c1ccc(-c2ccc(-c3ccc(/C=C\c4cc5[nH]c4c(-c4ccccc4)c4nc(c(-c6ccccc6)c6ccc([nH]6)c(-c6ccccc6)c6nc(c5-c5ccccc5)C=C6)C=C4)s3)s2)s1)C(=O)O.